The summed E-state index contributed by atoms with van der Waals surface area (Å²) < 4.78 is 5.18. The molecule has 1 heterocycles. The molecule has 0 spiro atoms. The number of hydrogen-bond donors (Lipinski definition) is 2. The third kappa shape index (κ3) is 4.37. The lowest BCUT2D eigenvalue weighted by Crippen LogP contribution is -2.27. The normalized spacial score (nSPS) is 11.0. The summed E-state index contributed by atoms with van der Waals surface area (Å²) in [7, 11) is 1.59. The third-order valence-corrected chi connectivity index (χ3v) is 4.65. The molecule has 0 aliphatic heterocycles. The van der Waals surface area contributed by atoms with Gasteiger partial charge in [0.05, 0.1) is 12.6 Å². The number of carbonyl (C=O) groups excluding carboxylic acids is 1. The molecule has 0 fully saturated rings. The predicted molar refractivity (Wildman–Crippen MR) is 108 cm³/mol. The van der Waals surface area contributed by atoms with Gasteiger partial charge in [0.1, 0.15) is 5.75 Å². The number of fused-ring (bicyclic) bond motifs is 1. The van der Waals surface area contributed by atoms with E-state index in [0.29, 0.717) is 35.8 Å². The van der Waals surface area contributed by atoms with Crippen molar-refractivity contribution in [1.82, 2.24) is 10.3 Å². The van der Waals surface area contributed by atoms with E-state index in [9.17, 15) is 9.59 Å². The molecule has 2 aromatic carbocycles. The zero-order chi connectivity index (χ0) is 19.4. The average Bonchev–Trinajstić information content (AvgIpc) is 2.67. The van der Waals surface area contributed by atoms with Gasteiger partial charge in [-0.1, -0.05) is 26.0 Å². The molecule has 0 aliphatic rings. The predicted octanol–water partition coefficient (Wildman–Crippen LogP) is 3.63. The SMILES string of the molecule is COc1ccc2cc(CCNC(=O)c3ccc(C(C)C)cc3)c(=O)[nH]c2c1. The van der Waals surface area contributed by atoms with Crippen molar-refractivity contribution >= 4 is 16.8 Å². The summed E-state index contributed by atoms with van der Waals surface area (Å²) in [4.78, 5) is 27.4. The monoisotopic (exact) mass is 364 g/mol. The highest BCUT2D eigenvalue weighted by molar-refractivity contribution is 5.94. The Kier molecular flexibility index (Phi) is 5.60. The fourth-order valence-corrected chi connectivity index (χ4v) is 2.97. The zero-order valence-electron chi connectivity index (χ0n) is 15.8. The van der Waals surface area contributed by atoms with Crippen molar-refractivity contribution in [3.8, 4) is 5.75 Å². The van der Waals surface area contributed by atoms with Gasteiger partial charge in [-0.3, -0.25) is 9.59 Å². The molecule has 0 saturated heterocycles. The zero-order valence-corrected chi connectivity index (χ0v) is 15.8. The molecule has 0 atom stereocenters. The summed E-state index contributed by atoms with van der Waals surface area (Å²) >= 11 is 0. The summed E-state index contributed by atoms with van der Waals surface area (Å²) in [5.41, 5.74) is 3.05. The lowest BCUT2D eigenvalue weighted by Gasteiger charge is -2.08. The Morgan fingerprint density at radius 3 is 2.52 bits per heavy atom. The first-order valence-corrected chi connectivity index (χ1v) is 9.06. The van der Waals surface area contributed by atoms with E-state index in [4.69, 9.17) is 4.74 Å². The smallest absolute Gasteiger partial charge is 0.251 e. The quantitative estimate of drug-likeness (QED) is 0.702. The number of methoxy groups -OCH3 is 1. The second-order valence-electron chi connectivity index (χ2n) is 6.86. The molecule has 1 amide bonds. The van der Waals surface area contributed by atoms with Crippen LogP contribution < -0.4 is 15.6 Å². The van der Waals surface area contributed by atoms with Gasteiger partial charge in [0.25, 0.3) is 11.5 Å². The second-order valence-corrected chi connectivity index (χ2v) is 6.86. The number of nitrogens with one attached hydrogen (secondary N) is 2. The van der Waals surface area contributed by atoms with Crippen molar-refractivity contribution < 1.29 is 9.53 Å². The van der Waals surface area contributed by atoms with E-state index < -0.39 is 0 Å². The van der Waals surface area contributed by atoms with E-state index in [1.807, 2.05) is 42.5 Å². The Labute approximate surface area is 158 Å². The van der Waals surface area contributed by atoms with Crippen molar-refractivity contribution in [2.45, 2.75) is 26.2 Å². The Morgan fingerprint density at radius 2 is 1.85 bits per heavy atom. The molecular weight excluding hydrogens is 340 g/mol. The Hall–Kier alpha value is -3.08. The molecule has 1 aromatic heterocycles. The first kappa shape index (κ1) is 18.7. The van der Waals surface area contributed by atoms with Crippen LogP contribution >= 0.6 is 0 Å². The summed E-state index contributed by atoms with van der Waals surface area (Å²) in [6.45, 7) is 4.63. The topological polar surface area (TPSA) is 71.2 Å². The molecule has 3 rings (SSSR count). The molecule has 5 nitrogen and oxygen atoms in total. The van der Waals surface area contributed by atoms with Crippen molar-refractivity contribution in [2.75, 3.05) is 13.7 Å². The number of amides is 1. The number of pyridine rings is 1. The molecular formula is C22H24N2O3. The van der Waals surface area contributed by atoms with Crippen LogP contribution in [-0.2, 0) is 6.42 Å². The summed E-state index contributed by atoms with van der Waals surface area (Å²) in [6, 6.07) is 15.0. The van der Waals surface area contributed by atoms with Gasteiger partial charge in [0, 0.05) is 23.7 Å². The maximum atomic E-state index is 12.3. The summed E-state index contributed by atoms with van der Waals surface area (Å²) in [6.07, 6.45) is 0.465. The fraction of sp³-hybridized carbons (Fsp3) is 0.273. The van der Waals surface area contributed by atoms with Crippen LogP contribution in [0.2, 0.25) is 0 Å². The third-order valence-electron chi connectivity index (χ3n) is 4.65. The number of rotatable bonds is 6. The van der Waals surface area contributed by atoms with Crippen molar-refractivity contribution in [2.24, 2.45) is 0 Å². The van der Waals surface area contributed by atoms with Crippen LogP contribution in [0.5, 0.6) is 5.75 Å². The van der Waals surface area contributed by atoms with Crippen LogP contribution in [0.4, 0.5) is 0 Å². The maximum absolute atomic E-state index is 12.3. The number of H-pyrrole nitrogens is 1. The van der Waals surface area contributed by atoms with Crippen LogP contribution in [0.3, 0.4) is 0 Å². The van der Waals surface area contributed by atoms with Gasteiger partial charge in [-0.2, -0.15) is 0 Å². The van der Waals surface area contributed by atoms with Crippen LogP contribution in [0.1, 0.15) is 41.3 Å². The van der Waals surface area contributed by atoms with Crippen LogP contribution in [0.15, 0.2) is 53.3 Å². The summed E-state index contributed by atoms with van der Waals surface area (Å²) in [5, 5.41) is 3.81. The highest BCUT2D eigenvalue weighted by atomic mass is 16.5. The molecule has 3 aromatic rings. The number of benzene rings is 2. The van der Waals surface area contributed by atoms with Crippen molar-refractivity contribution in [1.29, 1.82) is 0 Å². The number of aromatic amines is 1. The van der Waals surface area contributed by atoms with Gasteiger partial charge in [-0.25, -0.2) is 0 Å². The van der Waals surface area contributed by atoms with Crippen LogP contribution in [0.25, 0.3) is 10.9 Å². The van der Waals surface area contributed by atoms with Gasteiger partial charge < -0.3 is 15.0 Å². The molecule has 0 bridgehead atoms. The molecule has 0 aliphatic carbocycles. The highest BCUT2D eigenvalue weighted by Crippen LogP contribution is 2.18. The van der Waals surface area contributed by atoms with Gasteiger partial charge in [-0.05, 0) is 53.6 Å². The minimum atomic E-state index is -0.147. The van der Waals surface area contributed by atoms with Gasteiger partial charge in [-0.15, -0.1) is 0 Å². The van der Waals surface area contributed by atoms with Gasteiger partial charge in [0.2, 0.25) is 0 Å². The van der Waals surface area contributed by atoms with E-state index in [1.54, 1.807) is 13.2 Å². The molecule has 0 saturated carbocycles. The molecule has 5 heteroatoms. The Morgan fingerprint density at radius 1 is 1.11 bits per heavy atom. The lowest BCUT2D eigenvalue weighted by molar-refractivity contribution is 0.0954. The highest BCUT2D eigenvalue weighted by Gasteiger charge is 2.08. The number of aromatic nitrogens is 1. The molecule has 140 valence electrons. The number of hydrogen-bond acceptors (Lipinski definition) is 3. The van der Waals surface area contributed by atoms with E-state index in [-0.39, 0.29) is 11.5 Å². The minimum absolute atomic E-state index is 0.132. The van der Waals surface area contributed by atoms with Crippen LogP contribution in [0, 0.1) is 0 Å². The lowest BCUT2D eigenvalue weighted by atomic mass is 10.0. The molecule has 27 heavy (non-hydrogen) atoms. The molecule has 0 unspecified atom stereocenters. The molecule has 2 N–H and O–H groups in total. The van der Waals surface area contributed by atoms with Gasteiger partial charge in [0.15, 0.2) is 0 Å². The first-order valence-electron chi connectivity index (χ1n) is 9.06. The van der Waals surface area contributed by atoms with Gasteiger partial charge >= 0.3 is 0 Å². The Bertz CT molecular complexity index is 1000. The first-order chi connectivity index (χ1) is 13.0. The fourth-order valence-electron chi connectivity index (χ4n) is 2.97. The molecule has 0 radical (unpaired) electrons. The van der Waals surface area contributed by atoms with E-state index in [1.165, 1.54) is 5.56 Å². The minimum Gasteiger partial charge on any atom is -0.497 e. The second kappa shape index (κ2) is 8.08. The Balaban J connectivity index is 1.65. The number of carbonyl (C=O) groups is 1. The van der Waals surface area contributed by atoms with Crippen molar-refractivity contribution in [3.63, 3.8) is 0 Å². The average molecular weight is 364 g/mol. The number of ether oxygens (including phenoxy) is 1. The van der Waals surface area contributed by atoms with E-state index >= 15 is 0 Å². The van der Waals surface area contributed by atoms with Crippen molar-refractivity contribution in [3.05, 3.63) is 75.6 Å². The summed E-state index contributed by atoms with van der Waals surface area (Å²) in [5.74, 6) is 0.996. The maximum Gasteiger partial charge on any atom is 0.251 e. The standard InChI is InChI=1S/C22H24N2O3/c1-14(2)15-4-6-16(7-5-15)21(25)23-11-10-18-12-17-8-9-19(27-3)13-20(17)24-22(18)26/h4-9,12-14H,10-11H2,1-3H3,(H,23,25)(H,24,26). The van der Waals surface area contributed by atoms with Crippen LogP contribution in [-0.4, -0.2) is 24.5 Å². The van der Waals surface area contributed by atoms with E-state index in [2.05, 4.69) is 24.1 Å². The largest absolute Gasteiger partial charge is 0.497 e. The van der Waals surface area contributed by atoms with E-state index in [0.717, 1.165) is 10.9 Å².